The van der Waals surface area contributed by atoms with Crippen LogP contribution in [-0.4, -0.2) is 18.3 Å². The summed E-state index contributed by atoms with van der Waals surface area (Å²) in [6.07, 6.45) is 0. The van der Waals surface area contributed by atoms with Gasteiger partial charge in [0.25, 0.3) is 0 Å². The van der Waals surface area contributed by atoms with Crippen LogP contribution in [0.1, 0.15) is 10.7 Å². The number of aromatic nitrogens is 1. The molecule has 0 amide bonds. The lowest BCUT2D eigenvalue weighted by molar-refractivity contribution is -0.386. The number of aryl methyl sites for hydroxylation is 1. The van der Waals surface area contributed by atoms with Gasteiger partial charge >= 0.3 is 5.69 Å². The molecule has 0 atom stereocenters. The Hall–Kier alpha value is -2.04. The quantitative estimate of drug-likeness (QED) is 0.655. The fourth-order valence-corrected chi connectivity index (χ4v) is 2.70. The Bertz CT molecular complexity index is 785. The van der Waals surface area contributed by atoms with Crippen molar-refractivity contribution in [3.63, 3.8) is 0 Å². The number of nitrogens with two attached hydrogens (primary N) is 1. The number of primary sulfonamides is 1. The van der Waals surface area contributed by atoms with Gasteiger partial charge in [-0.3, -0.25) is 10.1 Å². The van der Waals surface area contributed by atoms with Crippen LogP contribution in [-0.2, 0) is 16.6 Å². The highest BCUT2D eigenvalue weighted by Crippen LogP contribution is 2.30. The molecule has 0 bridgehead atoms. The Morgan fingerprint density at radius 2 is 2.19 bits per heavy atom. The molecule has 0 radical (unpaired) electrons. The third kappa shape index (κ3) is 3.74. The van der Waals surface area contributed by atoms with Crippen LogP contribution >= 0.6 is 11.3 Å². The van der Waals surface area contributed by atoms with Crippen LogP contribution in [0.2, 0.25) is 0 Å². The normalized spacial score (nSPS) is 11.3. The number of nitrogens with zero attached hydrogens (tertiary/aromatic N) is 2. The van der Waals surface area contributed by atoms with Gasteiger partial charge in [-0.05, 0) is 19.1 Å². The van der Waals surface area contributed by atoms with Crippen LogP contribution in [0, 0.1) is 17.0 Å². The maximum atomic E-state index is 11.2. The molecule has 0 aliphatic carbocycles. The van der Waals surface area contributed by atoms with Gasteiger partial charge in [-0.15, -0.1) is 11.3 Å². The van der Waals surface area contributed by atoms with Gasteiger partial charge < -0.3 is 4.74 Å². The Morgan fingerprint density at radius 1 is 1.48 bits per heavy atom. The van der Waals surface area contributed by atoms with Crippen molar-refractivity contribution in [2.75, 3.05) is 0 Å². The topological polar surface area (TPSA) is 125 Å². The molecule has 10 heteroatoms. The average molecular weight is 329 g/mol. The summed E-state index contributed by atoms with van der Waals surface area (Å²) in [5, 5.41) is 18.6. The van der Waals surface area contributed by atoms with E-state index in [1.165, 1.54) is 17.4 Å². The molecule has 0 unspecified atom stereocenters. The van der Waals surface area contributed by atoms with Crippen molar-refractivity contribution in [1.82, 2.24) is 4.98 Å². The van der Waals surface area contributed by atoms with Crippen LogP contribution in [0.3, 0.4) is 0 Å². The van der Waals surface area contributed by atoms with Crippen molar-refractivity contribution < 1.29 is 18.1 Å². The molecule has 21 heavy (non-hydrogen) atoms. The maximum Gasteiger partial charge on any atom is 0.312 e. The minimum atomic E-state index is -4.01. The zero-order valence-corrected chi connectivity index (χ0v) is 12.5. The van der Waals surface area contributed by atoms with Crippen LogP contribution in [0.25, 0.3) is 0 Å². The van der Waals surface area contributed by atoms with E-state index in [1.807, 2.05) is 6.92 Å². The van der Waals surface area contributed by atoms with Gasteiger partial charge in [0, 0.05) is 11.4 Å². The monoisotopic (exact) mass is 329 g/mol. The summed E-state index contributed by atoms with van der Waals surface area (Å²) in [5.41, 5.74) is 0.177. The molecule has 0 spiro atoms. The van der Waals surface area contributed by atoms with E-state index in [4.69, 9.17) is 9.88 Å². The molecule has 1 heterocycles. The third-order valence-electron chi connectivity index (χ3n) is 2.50. The molecule has 2 aromatic rings. The second-order valence-corrected chi connectivity index (χ2v) is 6.70. The average Bonchev–Trinajstić information content (AvgIpc) is 2.80. The molecule has 0 saturated carbocycles. The van der Waals surface area contributed by atoms with Gasteiger partial charge in [0.2, 0.25) is 10.0 Å². The number of ether oxygens (including phenoxy) is 1. The Kier molecular flexibility index (Phi) is 4.21. The van der Waals surface area contributed by atoms with Crippen molar-refractivity contribution in [2.45, 2.75) is 18.4 Å². The first-order chi connectivity index (χ1) is 9.77. The third-order valence-corrected chi connectivity index (χ3v) is 4.23. The second kappa shape index (κ2) is 5.76. The van der Waals surface area contributed by atoms with Gasteiger partial charge in [-0.1, -0.05) is 0 Å². The first-order valence-electron chi connectivity index (χ1n) is 5.62. The van der Waals surface area contributed by atoms with E-state index in [2.05, 4.69) is 4.98 Å². The summed E-state index contributed by atoms with van der Waals surface area (Å²) in [6, 6.07) is 3.23. The molecule has 0 fully saturated rings. The van der Waals surface area contributed by atoms with Crippen molar-refractivity contribution in [1.29, 1.82) is 0 Å². The van der Waals surface area contributed by atoms with Crippen LogP contribution in [0.15, 0.2) is 28.5 Å². The molecule has 112 valence electrons. The highest BCUT2D eigenvalue weighted by Gasteiger charge is 2.20. The number of nitro groups is 1. The zero-order valence-electron chi connectivity index (χ0n) is 10.8. The highest BCUT2D eigenvalue weighted by atomic mass is 32.2. The Labute approximate surface area is 124 Å². The van der Waals surface area contributed by atoms with Crippen molar-refractivity contribution in [2.24, 2.45) is 5.14 Å². The van der Waals surface area contributed by atoms with E-state index in [1.54, 1.807) is 5.38 Å². The summed E-state index contributed by atoms with van der Waals surface area (Å²) in [4.78, 5) is 14.1. The lowest BCUT2D eigenvalue weighted by Crippen LogP contribution is -2.12. The second-order valence-electron chi connectivity index (χ2n) is 4.08. The van der Waals surface area contributed by atoms with Crippen molar-refractivity contribution >= 4 is 27.0 Å². The predicted octanol–water partition coefficient (Wildman–Crippen LogP) is 1.59. The molecule has 0 aliphatic rings. The number of nitro benzene ring substituents is 1. The van der Waals surface area contributed by atoms with E-state index in [-0.39, 0.29) is 17.3 Å². The van der Waals surface area contributed by atoms with Crippen LogP contribution in [0.5, 0.6) is 5.75 Å². The molecule has 0 saturated heterocycles. The summed E-state index contributed by atoms with van der Waals surface area (Å²) in [6.45, 7) is 1.89. The van der Waals surface area contributed by atoms with E-state index in [9.17, 15) is 18.5 Å². The van der Waals surface area contributed by atoms with Gasteiger partial charge in [-0.25, -0.2) is 18.5 Å². The van der Waals surface area contributed by atoms with E-state index >= 15 is 0 Å². The SMILES string of the molecule is Cc1nc(COc2ccc(S(N)(=O)=O)cc2[N+](=O)[O-])cs1. The van der Waals surface area contributed by atoms with Crippen LogP contribution < -0.4 is 9.88 Å². The first-order valence-corrected chi connectivity index (χ1v) is 8.05. The Balaban J connectivity index is 2.28. The number of thiazole rings is 1. The largest absolute Gasteiger partial charge is 0.480 e. The van der Waals surface area contributed by atoms with Gasteiger partial charge in [0.15, 0.2) is 5.75 Å². The maximum absolute atomic E-state index is 11.2. The van der Waals surface area contributed by atoms with E-state index in [0.29, 0.717) is 5.69 Å². The minimum absolute atomic E-state index is 0.0435. The molecule has 2 rings (SSSR count). The summed E-state index contributed by atoms with van der Waals surface area (Å²) in [5.74, 6) is -0.0435. The molecule has 1 aromatic carbocycles. The van der Waals surface area contributed by atoms with Gasteiger partial charge in [0.05, 0.1) is 20.5 Å². The molecule has 8 nitrogen and oxygen atoms in total. The Morgan fingerprint density at radius 3 is 2.71 bits per heavy atom. The van der Waals surface area contributed by atoms with Crippen molar-refractivity contribution in [3.05, 3.63) is 44.4 Å². The molecule has 1 aromatic heterocycles. The lowest BCUT2D eigenvalue weighted by atomic mass is 10.3. The summed E-state index contributed by atoms with van der Waals surface area (Å²) in [7, 11) is -4.01. The van der Waals surface area contributed by atoms with Crippen LogP contribution in [0.4, 0.5) is 5.69 Å². The standard InChI is InChI=1S/C11H11N3O5S2/c1-7-13-8(6-20-7)5-19-11-3-2-9(21(12,17)18)4-10(11)14(15)16/h2-4,6H,5H2,1H3,(H2,12,17,18). The number of benzene rings is 1. The zero-order chi connectivity index (χ0) is 15.6. The van der Waals surface area contributed by atoms with E-state index < -0.39 is 20.6 Å². The predicted molar refractivity (Wildman–Crippen MR) is 75.7 cm³/mol. The fraction of sp³-hybridized carbons (Fsp3) is 0.182. The molecular weight excluding hydrogens is 318 g/mol. The number of hydrogen-bond acceptors (Lipinski definition) is 7. The lowest BCUT2D eigenvalue weighted by Gasteiger charge is -2.06. The number of rotatable bonds is 5. The van der Waals surface area contributed by atoms with Gasteiger partial charge in [-0.2, -0.15) is 0 Å². The van der Waals surface area contributed by atoms with E-state index in [0.717, 1.165) is 17.1 Å². The highest BCUT2D eigenvalue weighted by molar-refractivity contribution is 7.89. The summed E-state index contributed by atoms with van der Waals surface area (Å²) >= 11 is 1.44. The molecular formula is C11H11N3O5S2. The smallest absolute Gasteiger partial charge is 0.312 e. The number of sulfonamides is 1. The van der Waals surface area contributed by atoms with Gasteiger partial charge in [0.1, 0.15) is 6.61 Å². The fourth-order valence-electron chi connectivity index (χ4n) is 1.57. The number of hydrogen-bond donors (Lipinski definition) is 1. The molecule has 0 aliphatic heterocycles. The summed E-state index contributed by atoms with van der Waals surface area (Å²) < 4.78 is 27.7. The molecule has 2 N–H and O–H groups in total. The minimum Gasteiger partial charge on any atom is -0.480 e. The van der Waals surface area contributed by atoms with Crippen molar-refractivity contribution in [3.8, 4) is 5.75 Å². The first kappa shape index (κ1) is 15.4.